The molecular formula is C22H30N2O3. The molecule has 0 saturated heterocycles. The highest BCUT2D eigenvalue weighted by atomic mass is 16.3. The van der Waals surface area contributed by atoms with Gasteiger partial charge in [0.1, 0.15) is 17.4 Å². The first-order chi connectivity index (χ1) is 13.0. The molecule has 1 fully saturated rings. The Labute approximate surface area is 160 Å². The number of furan rings is 1. The van der Waals surface area contributed by atoms with Gasteiger partial charge in [-0.05, 0) is 37.8 Å². The maximum Gasteiger partial charge on any atom is 0.243 e. The largest absolute Gasteiger partial charge is 0.459 e. The SMILES string of the molecule is CC(NC(=O)C(NC(=O)C1CCCCC1)C(C)C)c1cc2ccccc2o1. The van der Waals surface area contributed by atoms with Crippen molar-refractivity contribution in [3.8, 4) is 0 Å². The molecule has 5 heteroatoms. The molecule has 1 saturated carbocycles. The molecule has 1 aromatic heterocycles. The number of hydrogen-bond acceptors (Lipinski definition) is 3. The Morgan fingerprint density at radius 1 is 1.04 bits per heavy atom. The van der Waals surface area contributed by atoms with Crippen molar-refractivity contribution < 1.29 is 14.0 Å². The molecule has 1 aliphatic rings. The molecule has 146 valence electrons. The summed E-state index contributed by atoms with van der Waals surface area (Å²) in [6.45, 7) is 5.81. The van der Waals surface area contributed by atoms with Gasteiger partial charge in [-0.15, -0.1) is 0 Å². The minimum atomic E-state index is -0.536. The van der Waals surface area contributed by atoms with Crippen molar-refractivity contribution in [3.63, 3.8) is 0 Å². The first-order valence-electron chi connectivity index (χ1n) is 10.0. The maximum absolute atomic E-state index is 12.8. The quantitative estimate of drug-likeness (QED) is 0.795. The summed E-state index contributed by atoms with van der Waals surface area (Å²) in [6, 6.07) is 8.93. The van der Waals surface area contributed by atoms with Gasteiger partial charge in [-0.1, -0.05) is 51.3 Å². The lowest BCUT2D eigenvalue weighted by molar-refractivity contribution is -0.133. The summed E-state index contributed by atoms with van der Waals surface area (Å²) in [4.78, 5) is 25.4. The fourth-order valence-electron chi connectivity index (χ4n) is 3.76. The van der Waals surface area contributed by atoms with Gasteiger partial charge in [-0.25, -0.2) is 0 Å². The molecular weight excluding hydrogens is 340 g/mol. The highest BCUT2D eigenvalue weighted by molar-refractivity contribution is 5.89. The number of carbonyl (C=O) groups is 2. The van der Waals surface area contributed by atoms with Crippen LogP contribution >= 0.6 is 0 Å². The second-order valence-electron chi connectivity index (χ2n) is 7.98. The summed E-state index contributed by atoms with van der Waals surface area (Å²) in [5.41, 5.74) is 0.805. The molecule has 0 spiro atoms. The fraction of sp³-hybridized carbons (Fsp3) is 0.545. The van der Waals surface area contributed by atoms with Crippen molar-refractivity contribution in [2.24, 2.45) is 11.8 Å². The molecule has 0 aliphatic heterocycles. The van der Waals surface area contributed by atoms with Crippen LogP contribution in [0, 0.1) is 11.8 Å². The van der Waals surface area contributed by atoms with Gasteiger partial charge in [-0.2, -0.15) is 0 Å². The van der Waals surface area contributed by atoms with Crippen LogP contribution < -0.4 is 10.6 Å². The van der Waals surface area contributed by atoms with E-state index in [1.54, 1.807) is 0 Å². The smallest absolute Gasteiger partial charge is 0.243 e. The van der Waals surface area contributed by atoms with Gasteiger partial charge in [-0.3, -0.25) is 9.59 Å². The number of nitrogens with one attached hydrogen (secondary N) is 2. The zero-order valence-electron chi connectivity index (χ0n) is 16.5. The molecule has 1 heterocycles. The highest BCUT2D eigenvalue weighted by Crippen LogP contribution is 2.25. The van der Waals surface area contributed by atoms with Crippen LogP contribution in [0.4, 0.5) is 0 Å². The lowest BCUT2D eigenvalue weighted by Gasteiger charge is -2.27. The van der Waals surface area contributed by atoms with E-state index in [2.05, 4.69) is 10.6 Å². The van der Waals surface area contributed by atoms with Crippen molar-refractivity contribution in [1.82, 2.24) is 10.6 Å². The van der Waals surface area contributed by atoms with Gasteiger partial charge < -0.3 is 15.1 Å². The third-order valence-electron chi connectivity index (χ3n) is 5.45. The number of benzene rings is 1. The average molecular weight is 370 g/mol. The van der Waals surface area contributed by atoms with Gasteiger partial charge in [0, 0.05) is 11.3 Å². The Morgan fingerprint density at radius 2 is 1.74 bits per heavy atom. The van der Waals surface area contributed by atoms with E-state index in [1.165, 1.54) is 6.42 Å². The van der Waals surface area contributed by atoms with Crippen LogP contribution in [-0.4, -0.2) is 17.9 Å². The number of rotatable bonds is 6. The van der Waals surface area contributed by atoms with Crippen LogP contribution in [0.3, 0.4) is 0 Å². The summed E-state index contributed by atoms with van der Waals surface area (Å²) < 4.78 is 5.85. The summed E-state index contributed by atoms with van der Waals surface area (Å²) in [5.74, 6) is 0.619. The number of hydrogen-bond donors (Lipinski definition) is 2. The summed E-state index contributed by atoms with van der Waals surface area (Å²) in [6.07, 6.45) is 5.24. The monoisotopic (exact) mass is 370 g/mol. The molecule has 2 aromatic rings. The second kappa shape index (κ2) is 8.59. The van der Waals surface area contributed by atoms with Gasteiger partial charge in [0.05, 0.1) is 6.04 Å². The standard InChI is InChI=1S/C22H30N2O3/c1-14(2)20(24-21(25)16-9-5-4-6-10-16)22(26)23-15(3)19-13-17-11-7-8-12-18(17)27-19/h7-8,11-16,20H,4-6,9-10H2,1-3H3,(H,23,26)(H,24,25). The Hall–Kier alpha value is -2.30. The van der Waals surface area contributed by atoms with E-state index in [1.807, 2.05) is 51.1 Å². The molecule has 1 aromatic carbocycles. The highest BCUT2D eigenvalue weighted by Gasteiger charge is 2.29. The van der Waals surface area contributed by atoms with E-state index in [0.29, 0.717) is 5.76 Å². The van der Waals surface area contributed by atoms with Crippen molar-refractivity contribution in [2.75, 3.05) is 0 Å². The zero-order chi connectivity index (χ0) is 19.4. The second-order valence-corrected chi connectivity index (χ2v) is 7.98. The van der Waals surface area contributed by atoms with Gasteiger partial charge in [0.2, 0.25) is 11.8 Å². The maximum atomic E-state index is 12.8. The molecule has 1 aliphatic carbocycles. The van der Waals surface area contributed by atoms with Gasteiger partial charge in [0.25, 0.3) is 0 Å². The first kappa shape index (κ1) is 19.5. The molecule has 2 unspecified atom stereocenters. The first-order valence-corrected chi connectivity index (χ1v) is 10.0. The average Bonchev–Trinajstić information content (AvgIpc) is 3.10. The van der Waals surface area contributed by atoms with Gasteiger partial charge >= 0.3 is 0 Å². The minimum absolute atomic E-state index is 0.0138. The van der Waals surface area contributed by atoms with Crippen LogP contribution in [0.2, 0.25) is 0 Å². The van der Waals surface area contributed by atoms with Crippen molar-refractivity contribution in [3.05, 3.63) is 36.1 Å². The zero-order valence-corrected chi connectivity index (χ0v) is 16.5. The minimum Gasteiger partial charge on any atom is -0.459 e. The predicted molar refractivity (Wildman–Crippen MR) is 106 cm³/mol. The normalized spacial score (nSPS) is 17.6. The van der Waals surface area contributed by atoms with Crippen molar-refractivity contribution in [2.45, 2.75) is 65.0 Å². The van der Waals surface area contributed by atoms with Crippen LogP contribution in [0.25, 0.3) is 11.0 Å². The molecule has 3 rings (SSSR count). The molecule has 0 bridgehead atoms. The van der Waals surface area contributed by atoms with E-state index in [9.17, 15) is 9.59 Å². The van der Waals surface area contributed by atoms with E-state index in [-0.39, 0.29) is 29.7 Å². The number of carbonyl (C=O) groups excluding carboxylic acids is 2. The fourth-order valence-corrected chi connectivity index (χ4v) is 3.76. The Kier molecular flexibility index (Phi) is 6.19. The van der Waals surface area contributed by atoms with E-state index < -0.39 is 6.04 Å². The van der Waals surface area contributed by atoms with Crippen molar-refractivity contribution >= 4 is 22.8 Å². The molecule has 5 nitrogen and oxygen atoms in total. The number of para-hydroxylation sites is 1. The van der Waals surface area contributed by atoms with E-state index in [0.717, 1.165) is 36.7 Å². The lowest BCUT2D eigenvalue weighted by Crippen LogP contribution is -2.51. The topological polar surface area (TPSA) is 71.3 Å². The van der Waals surface area contributed by atoms with E-state index in [4.69, 9.17) is 4.42 Å². The third-order valence-corrected chi connectivity index (χ3v) is 5.45. The number of amides is 2. The van der Waals surface area contributed by atoms with Crippen LogP contribution in [0.15, 0.2) is 34.7 Å². The summed E-state index contributed by atoms with van der Waals surface area (Å²) in [5, 5.41) is 7.00. The summed E-state index contributed by atoms with van der Waals surface area (Å²) >= 11 is 0. The third kappa shape index (κ3) is 4.71. The lowest BCUT2D eigenvalue weighted by atomic mass is 9.88. The molecule has 0 radical (unpaired) electrons. The Morgan fingerprint density at radius 3 is 2.41 bits per heavy atom. The molecule has 2 N–H and O–H groups in total. The Balaban J connectivity index is 1.64. The number of fused-ring (bicyclic) bond motifs is 1. The van der Waals surface area contributed by atoms with Gasteiger partial charge in [0.15, 0.2) is 0 Å². The van der Waals surface area contributed by atoms with Crippen molar-refractivity contribution in [1.29, 1.82) is 0 Å². The molecule has 2 atom stereocenters. The van der Waals surface area contributed by atoms with Crippen LogP contribution in [0.1, 0.15) is 64.7 Å². The van der Waals surface area contributed by atoms with E-state index >= 15 is 0 Å². The molecule has 27 heavy (non-hydrogen) atoms. The summed E-state index contributed by atoms with van der Waals surface area (Å²) in [7, 11) is 0. The molecule has 2 amide bonds. The Bertz CT molecular complexity index is 757. The van der Waals surface area contributed by atoms with Crippen LogP contribution in [0.5, 0.6) is 0 Å². The predicted octanol–water partition coefficient (Wildman–Crippen LogP) is 4.33. The van der Waals surface area contributed by atoms with Crippen LogP contribution in [-0.2, 0) is 9.59 Å².